The Morgan fingerprint density at radius 2 is 2.29 bits per heavy atom. The van der Waals surface area contributed by atoms with Crippen molar-refractivity contribution >= 4 is 5.95 Å². The lowest BCUT2D eigenvalue weighted by molar-refractivity contribution is 0.277. The Labute approximate surface area is 103 Å². The fraction of sp³-hybridized carbons (Fsp3) is 0.833. The van der Waals surface area contributed by atoms with Crippen molar-refractivity contribution in [3.63, 3.8) is 0 Å². The van der Waals surface area contributed by atoms with Crippen molar-refractivity contribution in [2.24, 2.45) is 0 Å². The number of aromatic nitrogens is 2. The molecule has 0 aliphatic carbocycles. The molecule has 5 nitrogen and oxygen atoms in total. The van der Waals surface area contributed by atoms with Crippen molar-refractivity contribution in [1.29, 1.82) is 0 Å². The zero-order valence-corrected chi connectivity index (χ0v) is 11.0. The van der Waals surface area contributed by atoms with Crippen molar-refractivity contribution in [1.82, 2.24) is 15.5 Å². The molecule has 1 fully saturated rings. The summed E-state index contributed by atoms with van der Waals surface area (Å²) in [6, 6.07) is 0. The Hall–Kier alpha value is -1.10. The van der Waals surface area contributed by atoms with Gasteiger partial charge in [-0.1, -0.05) is 13.3 Å². The average molecular weight is 238 g/mol. The van der Waals surface area contributed by atoms with Crippen LogP contribution in [-0.4, -0.2) is 36.8 Å². The Morgan fingerprint density at radius 1 is 1.47 bits per heavy atom. The van der Waals surface area contributed by atoms with Gasteiger partial charge in [-0.05, 0) is 31.5 Å². The molecule has 1 saturated heterocycles. The first-order valence-corrected chi connectivity index (χ1v) is 6.48. The number of nitrogens with zero attached hydrogens (tertiary/aromatic N) is 3. The van der Waals surface area contributed by atoms with Gasteiger partial charge in [-0.3, -0.25) is 0 Å². The monoisotopic (exact) mass is 238 g/mol. The van der Waals surface area contributed by atoms with Crippen LogP contribution in [0.4, 0.5) is 5.95 Å². The molecular weight excluding hydrogens is 216 g/mol. The van der Waals surface area contributed by atoms with Crippen LogP contribution in [-0.2, 0) is 5.41 Å². The lowest BCUT2D eigenvalue weighted by Crippen LogP contribution is -2.29. The number of rotatable bonds is 5. The van der Waals surface area contributed by atoms with E-state index in [0.29, 0.717) is 5.95 Å². The largest absolute Gasteiger partial charge is 0.342 e. The van der Waals surface area contributed by atoms with E-state index in [1.165, 1.54) is 0 Å². The van der Waals surface area contributed by atoms with Gasteiger partial charge in [0.15, 0.2) is 0 Å². The molecule has 1 aliphatic rings. The molecule has 1 N–H and O–H groups in total. The quantitative estimate of drug-likeness (QED) is 0.843. The molecule has 2 rings (SSSR count). The van der Waals surface area contributed by atoms with E-state index in [0.717, 1.165) is 44.8 Å². The van der Waals surface area contributed by atoms with Crippen LogP contribution in [0.5, 0.6) is 0 Å². The van der Waals surface area contributed by atoms with Gasteiger partial charge in [-0.15, -0.1) is 0 Å². The average Bonchev–Trinajstić information content (AvgIpc) is 2.97. The van der Waals surface area contributed by atoms with Crippen LogP contribution >= 0.6 is 0 Å². The van der Waals surface area contributed by atoms with E-state index in [2.05, 4.69) is 29.3 Å². The van der Waals surface area contributed by atoms with E-state index in [1.807, 2.05) is 11.9 Å². The van der Waals surface area contributed by atoms with Crippen LogP contribution in [0.15, 0.2) is 4.52 Å². The van der Waals surface area contributed by atoms with Crippen LogP contribution in [0.25, 0.3) is 0 Å². The predicted molar refractivity (Wildman–Crippen MR) is 67.3 cm³/mol. The third-order valence-electron chi connectivity index (χ3n) is 3.66. The maximum atomic E-state index is 5.48. The summed E-state index contributed by atoms with van der Waals surface area (Å²) in [6.07, 6.45) is 3.35. The van der Waals surface area contributed by atoms with Gasteiger partial charge in [0.25, 0.3) is 5.95 Å². The summed E-state index contributed by atoms with van der Waals surface area (Å²) < 4.78 is 5.48. The highest BCUT2D eigenvalue weighted by atomic mass is 16.5. The molecule has 2 heterocycles. The number of hydrogen-bond acceptors (Lipinski definition) is 5. The molecule has 5 heteroatoms. The molecular formula is C12H22N4O. The first-order valence-electron chi connectivity index (χ1n) is 6.48. The minimum Gasteiger partial charge on any atom is -0.342 e. The van der Waals surface area contributed by atoms with E-state index in [1.54, 1.807) is 0 Å². The fourth-order valence-corrected chi connectivity index (χ4v) is 2.45. The molecule has 0 saturated carbocycles. The molecule has 1 atom stereocenters. The summed E-state index contributed by atoms with van der Waals surface area (Å²) in [7, 11) is 1.98. The summed E-state index contributed by atoms with van der Waals surface area (Å²) in [5.41, 5.74) is 0.0641. The minimum absolute atomic E-state index is 0.0641. The van der Waals surface area contributed by atoms with Crippen LogP contribution in [0.1, 0.15) is 39.0 Å². The standard InChI is InChI=1S/C12H22N4O/c1-4-6-12(7-8-13-9-12)10-14-11(15-17-10)16(3)5-2/h13H,4-9H2,1-3H3. The zero-order valence-electron chi connectivity index (χ0n) is 11.0. The molecule has 1 unspecified atom stereocenters. The summed E-state index contributed by atoms with van der Waals surface area (Å²) >= 11 is 0. The van der Waals surface area contributed by atoms with Gasteiger partial charge in [0.1, 0.15) is 0 Å². The first-order chi connectivity index (χ1) is 8.22. The second-order valence-electron chi connectivity index (χ2n) is 4.87. The first kappa shape index (κ1) is 12.4. The molecule has 96 valence electrons. The summed E-state index contributed by atoms with van der Waals surface area (Å²) in [6.45, 7) is 7.17. The molecule has 0 amide bonds. The van der Waals surface area contributed by atoms with Crippen molar-refractivity contribution in [3.05, 3.63) is 5.89 Å². The van der Waals surface area contributed by atoms with E-state index in [9.17, 15) is 0 Å². The van der Waals surface area contributed by atoms with E-state index >= 15 is 0 Å². The van der Waals surface area contributed by atoms with Gasteiger partial charge in [0, 0.05) is 20.1 Å². The van der Waals surface area contributed by atoms with E-state index in [4.69, 9.17) is 4.52 Å². The second-order valence-corrected chi connectivity index (χ2v) is 4.87. The van der Waals surface area contributed by atoms with E-state index in [-0.39, 0.29) is 5.41 Å². The van der Waals surface area contributed by atoms with Crippen LogP contribution in [0, 0.1) is 0 Å². The molecule has 0 radical (unpaired) electrons. The molecule has 1 aliphatic heterocycles. The van der Waals surface area contributed by atoms with Crippen LogP contribution in [0.2, 0.25) is 0 Å². The van der Waals surface area contributed by atoms with Gasteiger partial charge < -0.3 is 14.7 Å². The smallest absolute Gasteiger partial charge is 0.265 e. The van der Waals surface area contributed by atoms with Crippen molar-refractivity contribution in [3.8, 4) is 0 Å². The SMILES string of the molecule is CCCC1(c2nc(N(C)CC)no2)CCNC1. The molecule has 17 heavy (non-hydrogen) atoms. The van der Waals surface area contributed by atoms with Crippen molar-refractivity contribution in [2.45, 2.75) is 38.5 Å². The Morgan fingerprint density at radius 3 is 2.88 bits per heavy atom. The van der Waals surface area contributed by atoms with Crippen LogP contribution < -0.4 is 10.2 Å². The highest BCUT2D eigenvalue weighted by molar-refractivity contribution is 5.27. The Bertz CT molecular complexity index is 357. The maximum absolute atomic E-state index is 5.48. The van der Waals surface area contributed by atoms with Gasteiger partial charge >= 0.3 is 0 Å². The van der Waals surface area contributed by atoms with Gasteiger partial charge in [0.2, 0.25) is 5.89 Å². The lowest BCUT2D eigenvalue weighted by Gasteiger charge is -2.22. The summed E-state index contributed by atoms with van der Waals surface area (Å²) in [5.74, 6) is 1.50. The Balaban J connectivity index is 2.22. The highest BCUT2D eigenvalue weighted by Gasteiger charge is 2.40. The predicted octanol–water partition coefficient (Wildman–Crippen LogP) is 1.56. The second kappa shape index (κ2) is 5.04. The maximum Gasteiger partial charge on any atom is 0.265 e. The minimum atomic E-state index is 0.0641. The van der Waals surface area contributed by atoms with Crippen molar-refractivity contribution < 1.29 is 4.52 Å². The third-order valence-corrected chi connectivity index (χ3v) is 3.66. The molecule has 1 aromatic rings. The molecule has 0 aromatic carbocycles. The van der Waals surface area contributed by atoms with Gasteiger partial charge in [-0.2, -0.15) is 4.98 Å². The van der Waals surface area contributed by atoms with E-state index < -0.39 is 0 Å². The topological polar surface area (TPSA) is 54.2 Å². The highest BCUT2D eigenvalue weighted by Crippen LogP contribution is 2.34. The summed E-state index contributed by atoms with van der Waals surface area (Å²) in [5, 5.41) is 7.48. The third kappa shape index (κ3) is 2.29. The normalized spacial score (nSPS) is 24.2. The number of hydrogen-bond donors (Lipinski definition) is 1. The fourth-order valence-electron chi connectivity index (χ4n) is 2.45. The lowest BCUT2D eigenvalue weighted by atomic mass is 9.82. The Kier molecular flexibility index (Phi) is 3.66. The zero-order chi connectivity index (χ0) is 12.3. The number of nitrogens with one attached hydrogen (secondary N) is 1. The summed E-state index contributed by atoms with van der Waals surface area (Å²) in [4.78, 5) is 6.56. The number of anilines is 1. The van der Waals surface area contributed by atoms with Crippen molar-refractivity contribution in [2.75, 3.05) is 31.6 Å². The molecule has 1 aromatic heterocycles. The van der Waals surface area contributed by atoms with Gasteiger partial charge in [0.05, 0.1) is 5.41 Å². The van der Waals surface area contributed by atoms with Gasteiger partial charge in [-0.25, -0.2) is 0 Å². The molecule has 0 bridgehead atoms. The van der Waals surface area contributed by atoms with Crippen LogP contribution in [0.3, 0.4) is 0 Å². The molecule has 0 spiro atoms.